The Morgan fingerprint density at radius 2 is 1.47 bits per heavy atom. The molecule has 1 rings (SSSR count). The van der Waals surface area contributed by atoms with Gasteiger partial charge in [0, 0.05) is 10.9 Å². The highest BCUT2D eigenvalue weighted by Gasteiger charge is 2.45. The minimum Gasteiger partial charge on any atom is -0.166 e. The molecule has 0 aliphatic heterocycles. The van der Waals surface area contributed by atoms with E-state index in [0.717, 1.165) is 6.07 Å². The van der Waals surface area contributed by atoms with Gasteiger partial charge in [-0.15, -0.1) is 11.6 Å². The average molecular weight is 297 g/mol. The molecule has 0 bridgehead atoms. The summed E-state index contributed by atoms with van der Waals surface area (Å²) >= 11 is 10.6. The quantitative estimate of drug-likeness (QED) is 0.499. The Balaban J connectivity index is 3.64. The average Bonchev–Trinajstić information content (AvgIpc) is 2.13. The Morgan fingerprint density at radius 3 is 1.82 bits per heavy atom. The lowest BCUT2D eigenvalue weighted by atomic mass is 10.0. The van der Waals surface area contributed by atoms with Gasteiger partial charge in [0.1, 0.15) is 0 Å². The summed E-state index contributed by atoms with van der Waals surface area (Å²) in [6, 6.07) is 1.04. The minimum absolute atomic E-state index is 0.293. The summed E-state index contributed by atoms with van der Waals surface area (Å²) in [6.45, 7) is 0. The monoisotopic (exact) mass is 296 g/mol. The number of rotatable bonds is 1. The van der Waals surface area contributed by atoms with E-state index in [0.29, 0.717) is 6.07 Å². The van der Waals surface area contributed by atoms with E-state index in [1.807, 2.05) is 0 Å². The standard InChI is InChI=1S/C9H4Cl2F6/c10-3-4-6(11)2-1-5(8(12,13)14)7(4)9(15,16)17/h1-2H,3H2. The van der Waals surface area contributed by atoms with Crippen LogP contribution in [0.25, 0.3) is 0 Å². The van der Waals surface area contributed by atoms with Gasteiger partial charge in [-0.05, 0) is 17.7 Å². The van der Waals surface area contributed by atoms with Crippen LogP contribution in [0.3, 0.4) is 0 Å². The molecular weight excluding hydrogens is 293 g/mol. The van der Waals surface area contributed by atoms with Crippen molar-refractivity contribution < 1.29 is 26.3 Å². The molecule has 0 saturated heterocycles. The number of hydrogen-bond acceptors (Lipinski definition) is 0. The predicted octanol–water partition coefficient (Wildman–Crippen LogP) is 5.12. The molecule has 0 aliphatic carbocycles. The van der Waals surface area contributed by atoms with Gasteiger partial charge in [0.25, 0.3) is 0 Å². The maximum atomic E-state index is 12.6. The molecule has 0 nitrogen and oxygen atoms in total. The fourth-order valence-corrected chi connectivity index (χ4v) is 1.88. The summed E-state index contributed by atoms with van der Waals surface area (Å²) < 4.78 is 75.1. The molecule has 0 N–H and O–H groups in total. The summed E-state index contributed by atoms with van der Waals surface area (Å²) in [5.41, 5.74) is -4.38. The first-order valence-electron chi connectivity index (χ1n) is 4.10. The van der Waals surface area contributed by atoms with Crippen molar-refractivity contribution in [2.45, 2.75) is 18.2 Å². The van der Waals surface area contributed by atoms with Gasteiger partial charge in [0.15, 0.2) is 0 Å². The van der Waals surface area contributed by atoms with E-state index in [2.05, 4.69) is 0 Å². The molecule has 0 aromatic heterocycles. The van der Waals surface area contributed by atoms with Crippen molar-refractivity contribution >= 4 is 23.2 Å². The lowest BCUT2D eigenvalue weighted by Gasteiger charge is -2.19. The van der Waals surface area contributed by atoms with Crippen molar-refractivity contribution in [1.29, 1.82) is 0 Å². The Bertz CT molecular complexity index is 421. The molecular formula is C9H4Cl2F6. The summed E-state index contributed by atoms with van der Waals surface area (Å²) in [6.07, 6.45) is -10.3. The first-order valence-corrected chi connectivity index (χ1v) is 5.02. The summed E-state index contributed by atoms with van der Waals surface area (Å²) in [5, 5.41) is -0.444. The van der Waals surface area contributed by atoms with Crippen LogP contribution in [0.5, 0.6) is 0 Å². The highest BCUT2D eigenvalue weighted by molar-refractivity contribution is 6.32. The topological polar surface area (TPSA) is 0 Å². The number of hydrogen-bond donors (Lipinski definition) is 0. The Labute approximate surface area is 102 Å². The smallest absolute Gasteiger partial charge is 0.166 e. The second-order valence-electron chi connectivity index (χ2n) is 3.08. The van der Waals surface area contributed by atoms with Gasteiger partial charge in [-0.3, -0.25) is 0 Å². The number of halogens is 8. The van der Waals surface area contributed by atoms with Crippen LogP contribution in [0.4, 0.5) is 26.3 Å². The predicted molar refractivity (Wildman–Crippen MR) is 51.0 cm³/mol. The number of benzene rings is 1. The first kappa shape index (κ1) is 14.4. The van der Waals surface area contributed by atoms with Gasteiger partial charge < -0.3 is 0 Å². The molecule has 0 atom stereocenters. The van der Waals surface area contributed by atoms with E-state index < -0.39 is 39.9 Å². The fraction of sp³-hybridized carbons (Fsp3) is 0.333. The van der Waals surface area contributed by atoms with E-state index in [9.17, 15) is 26.3 Å². The highest BCUT2D eigenvalue weighted by atomic mass is 35.5. The first-order chi connectivity index (χ1) is 7.59. The Morgan fingerprint density at radius 1 is 0.941 bits per heavy atom. The maximum Gasteiger partial charge on any atom is 0.417 e. The van der Waals surface area contributed by atoms with E-state index >= 15 is 0 Å². The van der Waals surface area contributed by atoms with Crippen molar-refractivity contribution in [3.63, 3.8) is 0 Å². The molecule has 0 saturated carbocycles. The Kier molecular flexibility index (Phi) is 3.88. The van der Waals surface area contributed by atoms with Gasteiger partial charge in [-0.1, -0.05) is 11.6 Å². The lowest BCUT2D eigenvalue weighted by Crippen LogP contribution is -2.19. The van der Waals surface area contributed by atoms with Crippen LogP contribution in [-0.4, -0.2) is 0 Å². The summed E-state index contributed by atoms with van der Waals surface area (Å²) in [4.78, 5) is 0. The van der Waals surface area contributed by atoms with Crippen LogP contribution in [0.1, 0.15) is 16.7 Å². The van der Waals surface area contributed by atoms with Gasteiger partial charge in [-0.25, -0.2) is 0 Å². The zero-order valence-electron chi connectivity index (χ0n) is 7.89. The number of alkyl halides is 7. The van der Waals surface area contributed by atoms with Crippen LogP contribution in [0.2, 0.25) is 5.02 Å². The SMILES string of the molecule is FC(F)(F)c1ccc(Cl)c(CCl)c1C(F)(F)F. The third-order valence-electron chi connectivity index (χ3n) is 1.98. The lowest BCUT2D eigenvalue weighted by molar-refractivity contribution is -0.162. The molecule has 0 spiro atoms. The van der Waals surface area contributed by atoms with Crippen molar-refractivity contribution in [3.05, 3.63) is 33.8 Å². The minimum atomic E-state index is -5.17. The molecule has 8 heteroatoms. The van der Waals surface area contributed by atoms with Crippen LogP contribution in [0.15, 0.2) is 12.1 Å². The third kappa shape index (κ3) is 2.98. The highest BCUT2D eigenvalue weighted by Crippen LogP contribution is 2.44. The van der Waals surface area contributed by atoms with Gasteiger partial charge >= 0.3 is 12.4 Å². The molecule has 96 valence electrons. The normalized spacial score (nSPS) is 12.9. The van der Waals surface area contributed by atoms with Gasteiger partial charge in [-0.2, -0.15) is 26.3 Å². The molecule has 0 amide bonds. The van der Waals surface area contributed by atoms with Crippen molar-refractivity contribution in [1.82, 2.24) is 0 Å². The summed E-state index contributed by atoms with van der Waals surface area (Å²) in [7, 11) is 0. The molecule has 0 heterocycles. The largest absolute Gasteiger partial charge is 0.417 e. The van der Waals surface area contributed by atoms with Crippen molar-refractivity contribution in [3.8, 4) is 0 Å². The maximum absolute atomic E-state index is 12.6. The molecule has 0 radical (unpaired) electrons. The third-order valence-corrected chi connectivity index (χ3v) is 2.60. The Hall–Kier alpha value is -0.620. The molecule has 1 aromatic rings. The van der Waals surface area contributed by atoms with Crippen LogP contribution < -0.4 is 0 Å². The zero-order valence-corrected chi connectivity index (χ0v) is 9.40. The second-order valence-corrected chi connectivity index (χ2v) is 3.75. The van der Waals surface area contributed by atoms with Gasteiger partial charge in [0.05, 0.1) is 11.1 Å². The van der Waals surface area contributed by atoms with Crippen molar-refractivity contribution in [2.24, 2.45) is 0 Å². The van der Waals surface area contributed by atoms with E-state index in [1.165, 1.54) is 0 Å². The molecule has 0 fully saturated rings. The molecule has 0 unspecified atom stereocenters. The van der Waals surface area contributed by atoms with E-state index in [4.69, 9.17) is 23.2 Å². The van der Waals surface area contributed by atoms with Crippen molar-refractivity contribution in [2.75, 3.05) is 0 Å². The molecule has 17 heavy (non-hydrogen) atoms. The molecule has 1 aromatic carbocycles. The van der Waals surface area contributed by atoms with E-state index in [-0.39, 0.29) is 0 Å². The molecule has 0 aliphatic rings. The second kappa shape index (κ2) is 4.57. The van der Waals surface area contributed by atoms with Crippen LogP contribution in [0, 0.1) is 0 Å². The summed E-state index contributed by atoms with van der Waals surface area (Å²) in [5.74, 6) is -0.752. The van der Waals surface area contributed by atoms with Gasteiger partial charge in [0.2, 0.25) is 0 Å². The van der Waals surface area contributed by atoms with Crippen LogP contribution in [-0.2, 0) is 18.2 Å². The zero-order chi connectivity index (χ0) is 13.4. The fourth-order valence-electron chi connectivity index (χ4n) is 1.31. The van der Waals surface area contributed by atoms with E-state index in [1.54, 1.807) is 0 Å². The van der Waals surface area contributed by atoms with Crippen LogP contribution >= 0.6 is 23.2 Å².